The monoisotopic (exact) mass is 395 g/mol. The number of hydrogen-bond acceptors (Lipinski definition) is 5. The molecule has 0 atom stereocenters. The SMILES string of the molecule is Cc1ccc(S(=O)(=O)NCCn2nc(C(F)(F)F)c3c2CCOC3)s1. The lowest BCUT2D eigenvalue weighted by atomic mass is 10.1. The van der Waals surface area contributed by atoms with Crippen LogP contribution in [0.4, 0.5) is 13.2 Å². The molecule has 0 amide bonds. The summed E-state index contributed by atoms with van der Waals surface area (Å²) in [6, 6.07) is 3.19. The van der Waals surface area contributed by atoms with Gasteiger partial charge < -0.3 is 4.74 Å². The molecule has 11 heteroatoms. The van der Waals surface area contributed by atoms with Gasteiger partial charge in [0.1, 0.15) is 4.21 Å². The van der Waals surface area contributed by atoms with Gasteiger partial charge in [-0.2, -0.15) is 18.3 Å². The molecule has 1 aliphatic rings. The summed E-state index contributed by atoms with van der Waals surface area (Å²) >= 11 is 1.13. The van der Waals surface area contributed by atoms with Crippen LogP contribution in [0.1, 0.15) is 21.8 Å². The minimum absolute atomic E-state index is 0.0159. The first-order valence-corrected chi connectivity index (χ1v) is 9.78. The second kappa shape index (κ2) is 6.71. The highest BCUT2D eigenvalue weighted by Crippen LogP contribution is 2.34. The Kier molecular flexibility index (Phi) is 4.93. The third-order valence-electron chi connectivity index (χ3n) is 3.76. The molecule has 1 N–H and O–H groups in total. The van der Waals surface area contributed by atoms with Crippen LogP contribution in [0.3, 0.4) is 0 Å². The van der Waals surface area contributed by atoms with E-state index in [2.05, 4.69) is 9.82 Å². The molecule has 1 aliphatic heterocycles. The molecule has 3 heterocycles. The van der Waals surface area contributed by atoms with Crippen molar-refractivity contribution in [3.8, 4) is 0 Å². The van der Waals surface area contributed by atoms with Crippen LogP contribution in [0.5, 0.6) is 0 Å². The van der Waals surface area contributed by atoms with E-state index in [0.717, 1.165) is 16.2 Å². The molecular weight excluding hydrogens is 379 g/mol. The highest BCUT2D eigenvalue weighted by atomic mass is 32.2. The molecule has 0 spiro atoms. The normalized spacial score (nSPS) is 15.4. The van der Waals surface area contributed by atoms with E-state index in [1.807, 2.05) is 0 Å². The third kappa shape index (κ3) is 3.89. The lowest BCUT2D eigenvalue weighted by Crippen LogP contribution is -2.28. The third-order valence-corrected chi connectivity index (χ3v) is 6.71. The molecule has 6 nitrogen and oxygen atoms in total. The van der Waals surface area contributed by atoms with Gasteiger partial charge in [-0.1, -0.05) is 0 Å². The predicted molar refractivity (Wildman–Crippen MR) is 84.8 cm³/mol. The largest absolute Gasteiger partial charge is 0.435 e. The van der Waals surface area contributed by atoms with Crippen molar-refractivity contribution in [2.75, 3.05) is 13.2 Å². The molecule has 3 rings (SSSR count). The summed E-state index contributed by atoms with van der Waals surface area (Å²) < 4.78 is 72.5. The van der Waals surface area contributed by atoms with Gasteiger partial charge in [0.25, 0.3) is 0 Å². The molecular formula is C14H16F3N3O3S2. The van der Waals surface area contributed by atoms with E-state index in [0.29, 0.717) is 18.7 Å². The van der Waals surface area contributed by atoms with E-state index in [4.69, 9.17) is 4.74 Å². The van der Waals surface area contributed by atoms with Crippen LogP contribution in [-0.4, -0.2) is 31.3 Å². The Labute approximate surface area is 146 Å². The van der Waals surface area contributed by atoms with Gasteiger partial charge in [0.05, 0.1) is 19.8 Å². The first-order chi connectivity index (χ1) is 11.7. The summed E-state index contributed by atoms with van der Waals surface area (Å²) in [7, 11) is -3.67. The van der Waals surface area contributed by atoms with Crippen molar-refractivity contribution in [3.05, 3.63) is 34.0 Å². The maximum Gasteiger partial charge on any atom is 0.435 e. The minimum Gasteiger partial charge on any atom is -0.376 e. The van der Waals surface area contributed by atoms with Gasteiger partial charge in [-0.3, -0.25) is 4.68 Å². The molecule has 0 aromatic carbocycles. The zero-order chi connectivity index (χ0) is 18.2. The van der Waals surface area contributed by atoms with Crippen LogP contribution < -0.4 is 4.72 Å². The van der Waals surface area contributed by atoms with Gasteiger partial charge in [-0.15, -0.1) is 11.3 Å². The van der Waals surface area contributed by atoms with Crippen LogP contribution in [0.2, 0.25) is 0 Å². The summed E-state index contributed by atoms with van der Waals surface area (Å²) in [4.78, 5) is 0.858. The van der Waals surface area contributed by atoms with E-state index in [1.54, 1.807) is 13.0 Å². The van der Waals surface area contributed by atoms with E-state index in [9.17, 15) is 21.6 Å². The Hall–Kier alpha value is -1.43. The molecule has 0 fully saturated rings. The number of sulfonamides is 1. The molecule has 2 aromatic heterocycles. The van der Waals surface area contributed by atoms with Gasteiger partial charge in [-0.25, -0.2) is 13.1 Å². The summed E-state index contributed by atoms with van der Waals surface area (Å²) in [5.74, 6) is 0. The average molecular weight is 395 g/mol. The van der Waals surface area contributed by atoms with Crippen molar-refractivity contribution < 1.29 is 26.3 Å². The number of aromatic nitrogens is 2. The molecule has 0 bridgehead atoms. The second-order valence-corrected chi connectivity index (χ2v) is 8.84. The van der Waals surface area contributed by atoms with Crippen LogP contribution in [0.15, 0.2) is 16.3 Å². The molecule has 0 saturated heterocycles. The number of hydrogen-bond donors (Lipinski definition) is 1. The Morgan fingerprint density at radius 2 is 2.16 bits per heavy atom. The number of nitrogens with one attached hydrogen (secondary N) is 1. The van der Waals surface area contributed by atoms with Crippen molar-refractivity contribution >= 4 is 21.4 Å². The average Bonchev–Trinajstić information content (AvgIpc) is 3.12. The fourth-order valence-electron chi connectivity index (χ4n) is 2.63. The number of ether oxygens (including phenoxy) is 1. The lowest BCUT2D eigenvalue weighted by Gasteiger charge is -2.15. The Morgan fingerprint density at radius 1 is 1.40 bits per heavy atom. The molecule has 0 radical (unpaired) electrons. The summed E-state index contributed by atoms with van der Waals surface area (Å²) in [6.45, 7) is 1.94. The second-order valence-electron chi connectivity index (χ2n) is 5.56. The zero-order valence-electron chi connectivity index (χ0n) is 13.3. The predicted octanol–water partition coefficient (Wildman–Crippen LogP) is 2.32. The number of nitrogens with zero attached hydrogens (tertiary/aromatic N) is 2. The smallest absolute Gasteiger partial charge is 0.376 e. The first-order valence-electron chi connectivity index (χ1n) is 7.48. The number of halogens is 3. The molecule has 25 heavy (non-hydrogen) atoms. The molecule has 0 saturated carbocycles. The topological polar surface area (TPSA) is 73.2 Å². The standard InChI is InChI=1S/C14H16F3N3O3S2/c1-9-2-3-12(24-9)25(21,22)18-5-6-20-11-4-7-23-8-10(11)13(19-20)14(15,16)17/h2-3,18H,4-8H2,1H3. The van der Waals surface area contributed by atoms with Crippen molar-refractivity contribution in [1.82, 2.24) is 14.5 Å². The fraction of sp³-hybridized carbons (Fsp3) is 0.500. The minimum atomic E-state index is -4.57. The maximum absolute atomic E-state index is 13.1. The van der Waals surface area contributed by atoms with Crippen molar-refractivity contribution in [2.24, 2.45) is 0 Å². The zero-order valence-corrected chi connectivity index (χ0v) is 14.9. The highest BCUT2D eigenvalue weighted by molar-refractivity contribution is 7.91. The molecule has 0 aliphatic carbocycles. The number of rotatable bonds is 5. The van der Waals surface area contributed by atoms with Crippen LogP contribution >= 0.6 is 11.3 Å². The van der Waals surface area contributed by atoms with Crippen molar-refractivity contribution in [1.29, 1.82) is 0 Å². The van der Waals surface area contributed by atoms with E-state index in [-0.39, 0.29) is 29.5 Å². The Balaban J connectivity index is 1.74. The quantitative estimate of drug-likeness (QED) is 0.843. The first kappa shape index (κ1) is 18.4. The van der Waals surface area contributed by atoms with E-state index in [1.165, 1.54) is 10.7 Å². The fourth-order valence-corrected chi connectivity index (χ4v) is 4.98. The van der Waals surface area contributed by atoms with Crippen LogP contribution in [-0.2, 0) is 40.5 Å². The van der Waals surface area contributed by atoms with Gasteiger partial charge in [0, 0.05) is 29.1 Å². The van der Waals surface area contributed by atoms with Crippen LogP contribution in [0, 0.1) is 6.92 Å². The highest BCUT2D eigenvalue weighted by Gasteiger charge is 2.39. The molecule has 138 valence electrons. The summed E-state index contributed by atoms with van der Waals surface area (Å²) in [5.41, 5.74) is -0.473. The van der Waals surface area contributed by atoms with Crippen molar-refractivity contribution in [2.45, 2.75) is 36.9 Å². The van der Waals surface area contributed by atoms with Gasteiger partial charge in [-0.05, 0) is 19.1 Å². The van der Waals surface area contributed by atoms with Crippen molar-refractivity contribution in [3.63, 3.8) is 0 Å². The lowest BCUT2D eigenvalue weighted by molar-refractivity contribution is -0.142. The number of alkyl halides is 3. The maximum atomic E-state index is 13.1. The molecule has 0 unspecified atom stereocenters. The van der Waals surface area contributed by atoms with Gasteiger partial charge in [0.15, 0.2) is 5.69 Å². The van der Waals surface area contributed by atoms with Gasteiger partial charge >= 0.3 is 6.18 Å². The van der Waals surface area contributed by atoms with Gasteiger partial charge in [0.2, 0.25) is 10.0 Å². The number of aryl methyl sites for hydroxylation is 1. The summed E-state index contributed by atoms with van der Waals surface area (Å²) in [6.07, 6.45) is -4.25. The number of thiophene rings is 1. The van der Waals surface area contributed by atoms with E-state index < -0.39 is 21.9 Å². The van der Waals surface area contributed by atoms with E-state index >= 15 is 0 Å². The Bertz CT molecular complexity index is 872. The number of fused-ring (bicyclic) bond motifs is 1. The Morgan fingerprint density at radius 3 is 2.80 bits per heavy atom. The summed E-state index contributed by atoms with van der Waals surface area (Å²) in [5, 5.41) is 3.64. The molecule has 2 aromatic rings. The van der Waals surface area contributed by atoms with Crippen LogP contribution in [0.25, 0.3) is 0 Å².